The highest BCUT2D eigenvalue weighted by molar-refractivity contribution is 6.01. The molecule has 0 aromatic heterocycles. The number of likely N-dealkylation sites (tertiary alicyclic amines) is 1. The lowest BCUT2D eigenvalue weighted by molar-refractivity contribution is -0.119. The molecule has 124 valence electrons. The van der Waals surface area contributed by atoms with E-state index in [9.17, 15) is 18.4 Å². The van der Waals surface area contributed by atoms with E-state index in [4.69, 9.17) is 0 Å². The van der Waals surface area contributed by atoms with Gasteiger partial charge in [-0.05, 0) is 61.4 Å². The lowest BCUT2D eigenvalue weighted by atomic mass is 10.1. The fraction of sp³-hybridized carbons (Fsp3) is 0.222. The van der Waals surface area contributed by atoms with Gasteiger partial charge in [-0.25, -0.2) is 8.78 Å². The molecule has 1 aliphatic heterocycles. The van der Waals surface area contributed by atoms with Crippen LogP contribution < -0.4 is 5.32 Å². The molecule has 1 heterocycles. The second-order valence-corrected chi connectivity index (χ2v) is 5.66. The predicted molar refractivity (Wildman–Crippen MR) is 85.5 cm³/mol. The number of carbonyl (C=O) groups excluding carboxylic acids is 2. The number of nitrogens with zero attached hydrogens (tertiary/aromatic N) is 1. The van der Waals surface area contributed by atoms with Gasteiger partial charge in [-0.2, -0.15) is 0 Å². The van der Waals surface area contributed by atoms with E-state index < -0.39 is 11.9 Å². The van der Waals surface area contributed by atoms with Crippen molar-refractivity contribution < 1.29 is 18.4 Å². The Morgan fingerprint density at radius 3 is 2.17 bits per heavy atom. The standard InChI is InChI=1S/C18H16F2N2O2/c19-13-5-3-12(4-6-13)18(24)22-11-1-2-16(22)17(23)21-15-9-7-14(20)8-10-15/h3-10,16H,1-2,11H2,(H,21,23)/t16-/m0/s1. The molecule has 1 saturated heterocycles. The Morgan fingerprint density at radius 1 is 0.958 bits per heavy atom. The molecular formula is C18H16F2N2O2. The van der Waals surface area contributed by atoms with E-state index in [0.717, 1.165) is 0 Å². The van der Waals surface area contributed by atoms with Crippen molar-refractivity contribution in [1.29, 1.82) is 0 Å². The maximum Gasteiger partial charge on any atom is 0.254 e. The lowest BCUT2D eigenvalue weighted by Gasteiger charge is -2.24. The summed E-state index contributed by atoms with van der Waals surface area (Å²) in [6.07, 6.45) is 1.27. The highest BCUT2D eigenvalue weighted by atomic mass is 19.1. The molecule has 0 bridgehead atoms. The van der Waals surface area contributed by atoms with Crippen molar-refractivity contribution >= 4 is 17.5 Å². The van der Waals surface area contributed by atoms with E-state index in [2.05, 4.69) is 5.32 Å². The second kappa shape index (κ2) is 6.78. The molecule has 6 heteroatoms. The van der Waals surface area contributed by atoms with Crippen LogP contribution in [0, 0.1) is 11.6 Å². The van der Waals surface area contributed by atoms with Crippen LogP contribution in [-0.4, -0.2) is 29.3 Å². The molecule has 2 aromatic carbocycles. The summed E-state index contributed by atoms with van der Waals surface area (Å²) < 4.78 is 25.9. The summed E-state index contributed by atoms with van der Waals surface area (Å²) in [4.78, 5) is 26.5. The van der Waals surface area contributed by atoms with Crippen molar-refractivity contribution in [2.45, 2.75) is 18.9 Å². The molecule has 0 spiro atoms. The molecule has 1 atom stereocenters. The monoisotopic (exact) mass is 330 g/mol. The third-order valence-electron chi connectivity index (χ3n) is 4.02. The van der Waals surface area contributed by atoms with Crippen LogP contribution in [0.4, 0.5) is 14.5 Å². The van der Waals surface area contributed by atoms with Gasteiger partial charge in [0.25, 0.3) is 5.91 Å². The van der Waals surface area contributed by atoms with E-state index in [-0.39, 0.29) is 17.6 Å². The number of hydrogen-bond donors (Lipinski definition) is 1. The molecule has 4 nitrogen and oxygen atoms in total. The van der Waals surface area contributed by atoms with Gasteiger partial charge >= 0.3 is 0 Å². The summed E-state index contributed by atoms with van der Waals surface area (Å²) in [5.74, 6) is -1.41. The average molecular weight is 330 g/mol. The molecular weight excluding hydrogens is 314 g/mol. The minimum atomic E-state index is -0.590. The van der Waals surface area contributed by atoms with Crippen LogP contribution in [0.25, 0.3) is 0 Å². The molecule has 1 N–H and O–H groups in total. The van der Waals surface area contributed by atoms with Crippen LogP contribution in [0.15, 0.2) is 48.5 Å². The maximum atomic E-state index is 13.0. The van der Waals surface area contributed by atoms with E-state index >= 15 is 0 Å². The van der Waals surface area contributed by atoms with Crippen molar-refractivity contribution in [3.8, 4) is 0 Å². The third kappa shape index (κ3) is 3.42. The molecule has 2 aromatic rings. The first-order valence-electron chi connectivity index (χ1n) is 7.67. The van der Waals surface area contributed by atoms with Crippen LogP contribution in [0.1, 0.15) is 23.2 Å². The Labute approximate surface area is 138 Å². The van der Waals surface area contributed by atoms with Gasteiger partial charge in [0.15, 0.2) is 0 Å². The molecule has 1 aliphatic rings. The van der Waals surface area contributed by atoms with Crippen molar-refractivity contribution in [2.24, 2.45) is 0 Å². The SMILES string of the molecule is O=C(Nc1ccc(F)cc1)[C@@H]1CCCN1C(=O)c1ccc(F)cc1. The van der Waals surface area contributed by atoms with Gasteiger partial charge in [-0.15, -0.1) is 0 Å². The summed E-state index contributed by atoms with van der Waals surface area (Å²) in [6, 6.07) is 10.1. The number of halogens is 2. The molecule has 1 fully saturated rings. The van der Waals surface area contributed by atoms with Crippen molar-refractivity contribution in [3.63, 3.8) is 0 Å². The number of nitrogens with one attached hydrogen (secondary N) is 1. The number of hydrogen-bond acceptors (Lipinski definition) is 2. The molecule has 0 saturated carbocycles. The highest BCUT2D eigenvalue weighted by Crippen LogP contribution is 2.22. The summed E-state index contributed by atoms with van der Waals surface area (Å²) in [6.45, 7) is 0.470. The van der Waals surface area contributed by atoms with Crippen molar-refractivity contribution in [1.82, 2.24) is 4.90 Å². The van der Waals surface area contributed by atoms with Gasteiger partial charge in [0.2, 0.25) is 5.91 Å². The molecule has 0 unspecified atom stereocenters. The van der Waals surface area contributed by atoms with Crippen molar-refractivity contribution in [2.75, 3.05) is 11.9 Å². The topological polar surface area (TPSA) is 49.4 Å². The van der Waals surface area contributed by atoms with Gasteiger partial charge in [0.05, 0.1) is 0 Å². The van der Waals surface area contributed by atoms with Gasteiger partial charge < -0.3 is 10.2 Å². The Bertz CT molecular complexity index is 745. The van der Waals surface area contributed by atoms with E-state index in [1.54, 1.807) is 0 Å². The molecule has 0 radical (unpaired) electrons. The zero-order valence-electron chi connectivity index (χ0n) is 12.8. The maximum absolute atomic E-state index is 13.0. The van der Waals surface area contributed by atoms with Gasteiger partial charge in [0.1, 0.15) is 17.7 Å². The van der Waals surface area contributed by atoms with Crippen LogP contribution >= 0.6 is 0 Å². The average Bonchev–Trinajstić information content (AvgIpc) is 3.07. The van der Waals surface area contributed by atoms with Gasteiger partial charge in [-0.3, -0.25) is 9.59 Å². The van der Waals surface area contributed by atoms with Gasteiger partial charge in [-0.1, -0.05) is 0 Å². The number of amides is 2. The van der Waals surface area contributed by atoms with E-state index in [0.29, 0.717) is 30.6 Å². The fourth-order valence-electron chi connectivity index (χ4n) is 2.80. The zero-order chi connectivity index (χ0) is 17.1. The van der Waals surface area contributed by atoms with Crippen LogP contribution in [-0.2, 0) is 4.79 Å². The van der Waals surface area contributed by atoms with Gasteiger partial charge in [0, 0.05) is 17.8 Å². The Hall–Kier alpha value is -2.76. The third-order valence-corrected chi connectivity index (χ3v) is 4.02. The lowest BCUT2D eigenvalue weighted by Crippen LogP contribution is -2.43. The number of benzene rings is 2. The molecule has 2 amide bonds. The zero-order valence-corrected chi connectivity index (χ0v) is 12.8. The predicted octanol–water partition coefficient (Wildman–Crippen LogP) is 3.21. The Balaban J connectivity index is 1.72. The summed E-state index contributed by atoms with van der Waals surface area (Å²) in [5.41, 5.74) is 0.820. The molecule has 0 aliphatic carbocycles. The number of rotatable bonds is 3. The smallest absolute Gasteiger partial charge is 0.254 e. The summed E-state index contributed by atoms with van der Waals surface area (Å²) >= 11 is 0. The summed E-state index contributed by atoms with van der Waals surface area (Å²) in [7, 11) is 0. The van der Waals surface area contributed by atoms with Crippen LogP contribution in [0.2, 0.25) is 0 Å². The largest absolute Gasteiger partial charge is 0.327 e. The van der Waals surface area contributed by atoms with Crippen molar-refractivity contribution in [3.05, 3.63) is 65.7 Å². The van der Waals surface area contributed by atoms with Crippen LogP contribution in [0.3, 0.4) is 0 Å². The Morgan fingerprint density at radius 2 is 1.54 bits per heavy atom. The first-order valence-corrected chi connectivity index (χ1v) is 7.67. The van der Waals surface area contributed by atoms with E-state index in [1.807, 2.05) is 0 Å². The normalized spacial score (nSPS) is 16.9. The first-order chi connectivity index (χ1) is 11.5. The highest BCUT2D eigenvalue weighted by Gasteiger charge is 2.34. The van der Waals surface area contributed by atoms with Crippen LogP contribution in [0.5, 0.6) is 0 Å². The number of carbonyl (C=O) groups is 2. The summed E-state index contributed by atoms with van der Waals surface area (Å²) in [5, 5.41) is 2.70. The second-order valence-electron chi connectivity index (χ2n) is 5.66. The first kappa shape index (κ1) is 16.1. The molecule has 3 rings (SSSR count). The minimum absolute atomic E-state index is 0.299. The Kier molecular flexibility index (Phi) is 4.55. The number of anilines is 1. The molecule has 24 heavy (non-hydrogen) atoms. The minimum Gasteiger partial charge on any atom is -0.327 e. The van der Waals surface area contributed by atoms with E-state index in [1.165, 1.54) is 53.4 Å². The quantitative estimate of drug-likeness (QED) is 0.939. The fourth-order valence-corrected chi connectivity index (χ4v) is 2.80.